The van der Waals surface area contributed by atoms with E-state index in [1.807, 2.05) is 13.0 Å². The van der Waals surface area contributed by atoms with Gasteiger partial charge in [0.2, 0.25) is 5.91 Å². The van der Waals surface area contributed by atoms with Crippen LogP contribution in [-0.4, -0.2) is 16.8 Å². The topological polar surface area (TPSA) is 71.1 Å². The SMILES string of the molecule is Cc1ncc(CNC(=O)c2ccc3c(c2)NC(=O)C3)s1. The molecule has 0 saturated carbocycles. The van der Waals surface area contributed by atoms with Crippen molar-refractivity contribution in [3.8, 4) is 0 Å². The lowest BCUT2D eigenvalue weighted by atomic mass is 10.1. The summed E-state index contributed by atoms with van der Waals surface area (Å²) >= 11 is 1.56. The van der Waals surface area contributed by atoms with Crippen LogP contribution in [0.5, 0.6) is 0 Å². The molecule has 0 bridgehead atoms. The average molecular weight is 287 g/mol. The molecule has 0 atom stereocenters. The van der Waals surface area contributed by atoms with E-state index in [0.717, 1.165) is 21.1 Å². The number of fused-ring (bicyclic) bond motifs is 1. The number of hydrogen-bond acceptors (Lipinski definition) is 4. The van der Waals surface area contributed by atoms with Crippen LogP contribution in [0, 0.1) is 6.92 Å². The van der Waals surface area contributed by atoms with Gasteiger partial charge in [0.25, 0.3) is 5.91 Å². The second kappa shape index (κ2) is 5.05. The Morgan fingerprint density at radius 1 is 1.50 bits per heavy atom. The molecule has 1 aromatic carbocycles. The fraction of sp³-hybridized carbons (Fsp3) is 0.214. The lowest BCUT2D eigenvalue weighted by Crippen LogP contribution is -2.22. The Morgan fingerprint density at radius 2 is 2.35 bits per heavy atom. The first-order valence-corrected chi connectivity index (χ1v) is 7.06. The molecule has 0 fully saturated rings. The smallest absolute Gasteiger partial charge is 0.251 e. The highest BCUT2D eigenvalue weighted by molar-refractivity contribution is 7.11. The zero-order valence-electron chi connectivity index (χ0n) is 10.9. The van der Waals surface area contributed by atoms with Crippen LogP contribution in [0.25, 0.3) is 0 Å². The van der Waals surface area contributed by atoms with Crippen LogP contribution < -0.4 is 10.6 Å². The number of aryl methyl sites for hydroxylation is 1. The van der Waals surface area contributed by atoms with Crippen LogP contribution in [0.4, 0.5) is 5.69 Å². The van der Waals surface area contributed by atoms with Gasteiger partial charge < -0.3 is 10.6 Å². The summed E-state index contributed by atoms with van der Waals surface area (Å²) in [6.45, 7) is 2.40. The minimum atomic E-state index is -0.153. The molecule has 1 aliphatic heterocycles. The number of aromatic nitrogens is 1. The van der Waals surface area contributed by atoms with Crippen LogP contribution in [0.1, 0.15) is 25.8 Å². The zero-order chi connectivity index (χ0) is 14.1. The Hall–Kier alpha value is -2.21. The van der Waals surface area contributed by atoms with Crippen molar-refractivity contribution in [1.82, 2.24) is 10.3 Å². The molecule has 2 N–H and O–H groups in total. The third kappa shape index (κ3) is 2.55. The number of benzene rings is 1. The molecule has 6 heteroatoms. The van der Waals surface area contributed by atoms with Gasteiger partial charge >= 0.3 is 0 Å². The number of nitrogens with one attached hydrogen (secondary N) is 2. The van der Waals surface area contributed by atoms with E-state index in [1.165, 1.54) is 0 Å². The maximum atomic E-state index is 12.1. The van der Waals surface area contributed by atoms with E-state index < -0.39 is 0 Å². The van der Waals surface area contributed by atoms with E-state index in [2.05, 4.69) is 15.6 Å². The van der Waals surface area contributed by atoms with Crippen molar-refractivity contribution < 1.29 is 9.59 Å². The van der Waals surface area contributed by atoms with Gasteiger partial charge in [0.05, 0.1) is 18.0 Å². The van der Waals surface area contributed by atoms with Crippen LogP contribution in [0.3, 0.4) is 0 Å². The number of carbonyl (C=O) groups excluding carboxylic acids is 2. The summed E-state index contributed by atoms with van der Waals surface area (Å²) < 4.78 is 0. The first kappa shape index (κ1) is 12.8. The van der Waals surface area contributed by atoms with Gasteiger partial charge in [-0.05, 0) is 24.6 Å². The van der Waals surface area contributed by atoms with Crippen molar-refractivity contribution in [2.45, 2.75) is 19.9 Å². The van der Waals surface area contributed by atoms with Gasteiger partial charge in [-0.3, -0.25) is 9.59 Å². The van der Waals surface area contributed by atoms with E-state index in [-0.39, 0.29) is 11.8 Å². The number of hydrogen-bond donors (Lipinski definition) is 2. The Labute approximate surface area is 120 Å². The van der Waals surface area contributed by atoms with Gasteiger partial charge in [-0.25, -0.2) is 4.98 Å². The van der Waals surface area contributed by atoms with Gasteiger partial charge in [-0.1, -0.05) is 6.07 Å². The van der Waals surface area contributed by atoms with Crippen LogP contribution in [0.2, 0.25) is 0 Å². The minimum Gasteiger partial charge on any atom is -0.347 e. The van der Waals surface area contributed by atoms with Crippen molar-refractivity contribution in [3.63, 3.8) is 0 Å². The Bertz CT molecular complexity index is 693. The molecule has 20 heavy (non-hydrogen) atoms. The third-order valence-electron chi connectivity index (χ3n) is 3.09. The number of rotatable bonds is 3. The van der Waals surface area contributed by atoms with Crippen molar-refractivity contribution in [2.24, 2.45) is 0 Å². The molecular formula is C14H13N3O2S. The molecule has 0 saturated heterocycles. The first-order valence-electron chi connectivity index (χ1n) is 6.24. The van der Waals surface area contributed by atoms with E-state index in [0.29, 0.717) is 18.5 Å². The van der Waals surface area contributed by atoms with Gasteiger partial charge in [-0.2, -0.15) is 0 Å². The monoisotopic (exact) mass is 287 g/mol. The number of carbonyl (C=O) groups is 2. The van der Waals surface area contributed by atoms with Crippen molar-refractivity contribution in [3.05, 3.63) is 45.4 Å². The summed E-state index contributed by atoms with van der Waals surface area (Å²) in [7, 11) is 0. The maximum absolute atomic E-state index is 12.1. The molecule has 0 radical (unpaired) electrons. The molecule has 0 spiro atoms. The van der Waals surface area contributed by atoms with Crippen LogP contribution in [-0.2, 0) is 17.8 Å². The summed E-state index contributed by atoms with van der Waals surface area (Å²) in [4.78, 5) is 28.5. The molecule has 0 unspecified atom stereocenters. The van der Waals surface area contributed by atoms with Gasteiger partial charge in [0.15, 0.2) is 0 Å². The largest absolute Gasteiger partial charge is 0.347 e. The fourth-order valence-corrected chi connectivity index (χ4v) is 2.85. The minimum absolute atomic E-state index is 0.0299. The number of nitrogens with zero attached hydrogens (tertiary/aromatic N) is 1. The van der Waals surface area contributed by atoms with E-state index >= 15 is 0 Å². The van der Waals surface area contributed by atoms with Crippen molar-refractivity contribution >= 4 is 28.8 Å². The molecule has 2 heterocycles. The summed E-state index contributed by atoms with van der Waals surface area (Å²) in [6.07, 6.45) is 2.15. The van der Waals surface area contributed by atoms with Crippen molar-refractivity contribution in [2.75, 3.05) is 5.32 Å². The van der Waals surface area contributed by atoms with Crippen LogP contribution >= 0.6 is 11.3 Å². The summed E-state index contributed by atoms with van der Waals surface area (Å²) in [5, 5.41) is 6.57. The average Bonchev–Trinajstić information content (AvgIpc) is 2.99. The molecule has 3 rings (SSSR count). The highest BCUT2D eigenvalue weighted by Crippen LogP contribution is 2.24. The lowest BCUT2D eigenvalue weighted by Gasteiger charge is -2.05. The Balaban J connectivity index is 1.69. The first-order chi connectivity index (χ1) is 9.61. The summed E-state index contributed by atoms with van der Waals surface area (Å²) in [5.41, 5.74) is 2.22. The van der Waals surface area contributed by atoms with Gasteiger partial charge in [0.1, 0.15) is 0 Å². The molecule has 5 nitrogen and oxygen atoms in total. The molecule has 1 aromatic heterocycles. The molecule has 1 aliphatic rings. The zero-order valence-corrected chi connectivity index (χ0v) is 11.7. The number of anilines is 1. The second-order valence-electron chi connectivity index (χ2n) is 4.63. The standard InChI is InChI=1S/C14H13N3O2S/c1-8-15-6-11(20-8)7-16-14(19)10-3-2-9-5-13(18)17-12(9)4-10/h2-4,6H,5,7H2,1H3,(H,16,19)(H,17,18). The highest BCUT2D eigenvalue weighted by atomic mass is 32.1. The molecule has 2 amide bonds. The number of thiazole rings is 1. The predicted octanol–water partition coefficient (Wildman–Crippen LogP) is 1.88. The summed E-state index contributed by atoms with van der Waals surface area (Å²) in [5.74, 6) is -0.183. The van der Waals surface area contributed by atoms with E-state index in [4.69, 9.17) is 0 Å². The van der Waals surface area contributed by atoms with E-state index in [1.54, 1.807) is 29.7 Å². The lowest BCUT2D eigenvalue weighted by molar-refractivity contribution is -0.115. The second-order valence-corrected chi connectivity index (χ2v) is 5.94. The fourth-order valence-electron chi connectivity index (χ4n) is 2.11. The molecule has 2 aromatic rings. The Kier molecular flexibility index (Phi) is 3.23. The van der Waals surface area contributed by atoms with Gasteiger partial charge in [0, 0.05) is 22.3 Å². The maximum Gasteiger partial charge on any atom is 0.251 e. The van der Waals surface area contributed by atoms with E-state index in [9.17, 15) is 9.59 Å². The number of amides is 2. The van der Waals surface area contributed by atoms with Gasteiger partial charge in [-0.15, -0.1) is 11.3 Å². The molecular weight excluding hydrogens is 274 g/mol. The van der Waals surface area contributed by atoms with Crippen LogP contribution in [0.15, 0.2) is 24.4 Å². The highest BCUT2D eigenvalue weighted by Gasteiger charge is 2.19. The third-order valence-corrected chi connectivity index (χ3v) is 4.00. The molecule has 102 valence electrons. The molecule has 0 aliphatic carbocycles. The predicted molar refractivity (Wildman–Crippen MR) is 76.8 cm³/mol. The Morgan fingerprint density at radius 3 is 3.10 bits per heavy atom. The van der Waals surface area contributed by atoms with Crippen molar-refractivity contribution in [1.29, 1.82) is 0 Å². The quantitative estimate of drug-likeness (QED) is 0.905. The normalized spacial score (nSPS) is 12.9. The summed E-state index contributed by atoms with van der Waals surface area (Å²) in [6, 6.07) is 5.28.